The van der Waals surface area contributed by atoms with Crippen molar-refractivity contribution < 1.29 is 4.79 Å². The smallest absolute Gasteiger partial charge is 0.237 e. The first-order valence-electron chi connectivity index (χ1n) is 8.32. The average Bonchev–Trinajstić information content (AvgIpc) is 2.92. The zero-order chi connectivity index (χ0) is 14.7. The quantitative estimate of drug-likeness (QED) is 0.893. The fourth-order valence-electron chi connectivity index (χ4n) is 3.88. The lowest BCUT2D eigenvalue weighted by Gasteiger charge is -2.24. The maximum absolute atomic E-state index is 12.4. The van der Waals surface area contributed by atoms with E-state index in [1.54, 1.807) is 0 Å². The van der Waals surface area contributed by atoms with Crippen LogP contribution in [0.3, 0.4) is 0 Å². The van der Waals surface area contributed by atoms with Crippen LogP contribution in [0.4, 0.5) is 0 Å². The van der Waals surface area contributed by atoms with Gasteiger partial charge in [0.2, 0.25) is 5.91 Å². The molecule has 0 aromatic heterocycles. The van der Waals surface area contributed by atoms with Crippen LogP contribution < -0.4 is 10.6 Å². The van der Waals surface area contributed by atoms with Crippen LogP contribution in [0.2, 0.25) is 0 Å². The van der Waals surface area contributed by atoms with Gasteiger partial charge in [-0.05, 0) is 44.1 Å². The molecule has 1 aromatic rings. The van der Waals surface area contributed by atoms with Crippen molar-refractivity contribution in [3.63, 3.8) is 0 Å². The Hall–Kier alpha value is -1.35. The highest BCUT2D eigenvalue weighted by molar-refractivity contribution is 5.82. The molecular formula is C18H26N2O. The maximum atomic E-state index is 12.4. The van der Waals surface area contributed by atoms with Gasteiger partial charge in [-0.1, -0.05) is 43.2 Å². The van der Waals surface area contributed by atoms with Gasteiger partial charge in [-0.2, -0.15) is 0 Å². The van der Waals surface area contributed by atoms with E-state index in [9.17, 15) is 4.79 Å². The summed E-state index contributed by atoms with van der Waals surface area (Å²) < 4.78 is 0. The molecule has 2 N–H and O–H groups in total. The van der Waals surface area contributed by atoms with Crippen LogP contribution in [0.1, 0.15) is 44.6 Å². The molecule has 1 saturated carbocycles. The van der Waals surface area contributed by atoms with Gasteiger partial charge in [0.25, 0.3) is 0 Å². The van der Waals surface area contributed by atoms with Crippen LogP contribution in [-0.4, -0.2) is 24.0 Å². The highest BCUT2D eigenvalue weighted by Gasteiger charge is 2.38. The predicted molar refractivity (Wildman–Crippen MR) is 85.0 cm³/mol. The minimum Gasteiger partial charge on any atom is -0.352 e. The fraction of sp³-hybridized carbons (Fsp3) is 0.611. The van der Waals surface area contributed by atoms with Gasteiger partial charge in [0.1, 0.15) is 0 Å². The van der Waals surface area contributed by atoms with E-state index in [-0.39, 0.29) is 18.0 Å². The second kappa shape index (κ2) is 6.61. The number of fused-ring (bicyclic) bond motifs is 1. The minimum absolute atomic E-state index is 0.0244. The zero-order valence-corrected chi connectivity index (χ0v) is 12.8. The van der Waals surface area contributed by atoms with Crippen molar-refractivity contribution in [2.75, 3.05) is 0 Å². The Balaban J connectivity index is 1.50. The molecule has 3 rings (SSSR count). The summed E-state index contributed by atoms with van der Waals surface area (Å²) in [5.74, 6) is 0.909. The largest absolute Gasteiger partial charge is 0.352 e. The van der Waals surface area contributed by atoms with Gasteiger partial charge in [0.05, 0.1) is 6.04 Å². The van der Waals surface area contributed by atoms with E-state index in [0.29, 0.717) is 6.04 Å². The predicted octanol–water partition coefficient (Wildman–Crippen LogP) is 2.65. The number of carbonyl (C=O) groups is 1. The van der Waals surface area contributed by atoms with E-state index in [1.165, 1.54) is 31.2 Å². The molecule has 0 spiro atoms. The first kappa shape index (κ1) is 14.6. The molecule has 1 saturated heterocycles. The summed E-state index contributed by atoms with van der Waals surface area (Å²) >= 11 is 0. The second-order valence-electron chi connectivity index (χ2n) is 6.71. The first-order chi connectivity index (χ1) is 10.2. The summed E-state index contributed by atoms with van der Waals surface area (Å²) in [7, 11) is 0. The van der Waals surface area contributed by atoms with E-state index < -0.39 is 0 Å². The molecule has 0 radical (unpaired) electrons. The lowest BCUT2D eigenvalue weighted by Crippen LogP contribution is -2.46. The highest BCUT2D eigenvalue weighted by Crippen LogP contribution is 2.33. The van der Waals surface area contributed by atoms with E-state index in [2.05, 4.69) is 29.7 Å². The Labute approximate surface area is 127 Å². The number of carbonyl (C=O) groups excluding carboxylic acids is 1. The molecule has 114 valence electrons. The van der Waals surface area contributed by atoms with Gasteiger partial charge < -0.3 is 10.6 Å². The summed E-state index contributed by atoms with van der Waals surface area (Å²) in [6, 6.07) is 11.1. The lowest BCUT2D eigenvalue weighted by atomic mass is 9.85. The molecular weight excluding hydrogens is 260 g/mol. The number of hydrogen-bond donors (Lipinski definition) is 2. The summed E-state index contributed by atoms with van der Waals surface area (Å²) in [5, 5.41) is 6.73. The molecule has 3 heteroatoms. The molecule has 2 fully saturated rings. The summed E-state index contributed by atoms with van der Waals surface area (Å²) in [4.78, 5) is 12.4. The van der Waals surface area contributed by atoms with Crippen molar-refractivity contribution in [1.82, 2.24) is 10.6 Å². The Kier molecular flexibility index (Phi) is 4.59. The minimum atomic E-state index is 0.0244. The van der Waals surface area contributed by atoms with Gasteiger partial charge in [-0.15, -0.1) is 0 Å². The van der Waals surface area contributed by atoms with Crippen molar-refractivity contribution in [3.05, 3.63) is 35.9 Å². The Morgan fingerprint density at radius 3 is 2.81 bits per heavy atom. The number of nitrogens with one attached hydrogen (secondary N) is 2. The summed E-state index contributed by atoms with van der Waals surface area (Å²) in [6.07, 6.45) is 7.10. The normalized spacial score (nSPS) is 29.7. The van der Waals surface area contributed by atoms with Gasteiger partial charge >= 0.3 is 0 Å². The number of hydrogen-bond acceptors (Lipinski definition) is 2. The van der Waals surface area contributed by atoms with E-state index in [0.717, 1.165) is 18.8 Å². The second-order valence-corrected chi connectivity index (χ2v) is 6.71. The van der Waals surface area contributed by atoms with E-state index in [1.807, 2.05) is 18.2 Å². The van der Waals surface area contributed by atoms with Crippen LogP contribution >= 0.6 is 0 Å². The third-order valence-corrected chi connectivity index (χ3v) is 4.95. The SMILES string of the molecule is CC(Cc1ccccc1)NC(=O)C1CC2CCCCC2N1. The third-order valence-electron chi connectivity index (χ3n) is 4.95. The van der Waals surface area contributed by atoms with Crippen LogP contribution in [0.15, 0.2) is 30.3 Å². The van der Waals surface area contributed by atoms with Gasteiger partial charge in [-0.25, -0.2) is 0 Å². The first-order valence-corrected chi connectivity index (χ1v) is 8.32. The van der Waals surface area contributed by atoms with E-state index >= 15 is 0 Å². The molecule has 1 amide bonds. The molecule has 4 unspecified atom stereocenters. The summed E-state index contributed by atoms with van der Waals surface area (Å²) in [6.45, 7) is 2.09. The number of benzene rings is 1. The maximum Gasteiger partial charge on any atom is 0.237 e. The topological polar surface area (TPSA) is 41.1 Å². The van der Waals surface area contributed by atoms with Gasteiger partial charge in [-0.3, -0.25) is 4.79 Å². The van der Waals surface area contributed by atoms with Crippen molar-refractivity contribution in [1.29, 1.82) is 0 Å². The molecule has 21 heavy (non-hydrogen) atoms. The lowest BCUT2D eigenvalue weighted by molar-refractivity contribution is -0.123. The monoisotopic (exact) mass is 286 g/mol. The van der Waals surface area contributed by atoms with Crippen LogP contribution in [0.5, 0.6) is 0 Å². The zero-order valence-electron chi connectivity index (χ0n) is 12.8. The molecule has 3 nitrogen and oxygen atoms in total. The average molecular weight is 286 g/mol. The molecule has 1 heterocycles. The highest BCUT2D eigenvalue weighted by atomic mass is 16.2. The molecule has 4 atom stereocenters. The Bertz CT molecular complexity index is 459. The summed E-state index contributed by atoms with van der Waals surface area (Å²) in [5.41, 5.74) is 1.28. The number of amides is 1. The van der Waals surface area contributed by atoms with Crippen LogP contribution in [0, 0.1) is 5.92 Å². The Morgan fingerprint density at radius 2 is 2.05 bits per heavy atom. The molecule has 1 aromatic carbocycles. The van der Waals surface area contributed by atoms with Crippen molar-refractivity contribution >= 4 is 5.91 Å². The van der Waals surface area contributed by atoms with E-state index in [4.69, 9.17) is 0 Å². The third kappa shape index (κ3) is 3.65. The van der Waals surface area contributed by atoms with Crippen molar-refractivity contribution in [2.45, 2.75) is 63.6 Å². The molecule has 0 bridgehead atoms. The van der Waals surface area contributed by atoms with Crippen LogP contribution in [0.25, 0.3) is 0 Å². The molecule has 2 aliphatic rings. The number of rotatable bonds is 4. The van der Waals surface area contributed by atoms with Crippen LogP contribution in [-0.2, 0) is 11.2 Å². The Morgan fingerprint density at radius 1 is 1.29 bits per heavy atom. The van der Waals surface area contributed by atoms with Crippen molar-refractivity contribution in [2.24, 2.45) is 5.92 Å². The standard InChI is InChI=1S/C18H26N2O/c1-13(11-14-7-3-2-4-8-14)19-18(21)17-12-15-9-5-6-10-16(15)20-17/h2-4,7-8,13,15-17,20H,5-6,9-12H2,1H3,(H,19,21). The van der Waals surface area contributed by atoms with Gasteiger partial charge in [0.15, 0.2) is 0 Å². The molecule has 1 aliphatic carbocycles. The van der Waals surface area contributed by atoms with Crippen molar-refractivity contribution in [3.8, 4) is 0 Å². The molecule has 1 aliphatic heterocycles. The van der Waals surface area contributed by atoms with Gasteiger partial charge in [0, 0.05) is 12.1 Å². The fourth-order valence-corrected chi connectivity index (χ4v) is 3.88.